The van der Waals surface area contributed by atoms with Crippen LogP contribution in [0.2, 0.25) is 5.02 Å². The zero-order chi connectivity index (χ0) is 18.8. The highest BCUT2D eigenvalue weighted by atomic mass is 35.5. The number of nitro benzene ring substituents is 1. The average molecular weight is 389 g/mol. The molecule has 1 aliphatic heterocycles. The molecule has 0 aromatic heterocycles. The summed E-state index contributed by atoms with van der Waals surface area (Å²) < 4.78 is 0. The fourth-order valence-electron chi connectivity index (χ4n) is 2.49. The molecule has 6 nitrogen and oxygen atoms in total. The summed E-state index contributed by atoms with van der Waals surface area (Å²) in [6.07, 6.45) is 1.41. The average Bonchev–Trinajstić information content (AvgIpc) is 2.86. The second kappa shape index (κ2) is 7.31. The molecule has 0 bridgehead atoms. The Labute approximate surface area is 158 Å². The first-order chi connectivity index (χ1) is 12.4. The second-order valence-corrected chi connectivity index (χ2v) is 7.06. The molecule has 0 aliphatic carbocycles. The Balaban J connectivity index is 1.89. The smallest absolute Gasteiger partial charge is 0.268 e. The molecular formula is C18H13ClN2O4S. The molecule has 2 aromatic rings. The van der Waals surface area contributed by atoms with Crippen molar-refractivity contribution in [3.63, 3.8) is 0 Å². The number of thioether (sulfide) groups is 1. The number of hydrogen-bond acceptors (Lipinski definition) is 5. The van der Waals surface area contributed by atoms with Gasteiger partial charge in [-0.15, -0.1) is 0 Å². The van der Waals surface area contributed by atoms with Crippen molar-refractivity contribution >= 4 is 46.3 Å². The fraction of sp³-hybridized carbons (Fsp3) is 0.111. The lowest BCUT2D eigenvalue weighted by atomic mass is 10.1. The van der Waals surface area contributed by atoms with Crippen LogP contribution in [-0.2, 0) is 11.3 Å². The van der Waals surface area contributed by atoms with Crippen LogP contribution in [0.5, 0.6) is 0 Å². The molecule has 0 unspecified atom stereocenters. The minimum atomic E-state index is -0.544. The predicted octanol–water partition coefficient (Wildman–Crippen LogP) is 4.79. The van der Waals surface area contributed by atoms with Gasteiger partial charge in [-0.1, -0.05) is 35.9 Å². The van der Waals surface area contributed by atoms with Gasteiger partial charge in [-0.2, -0.15) is 0 Å². The van der Waals surface area contributed by atoms with Crippen molar-refractivity contribution in [3.05, 3.63) is 79.2 Å². The van der Waals surface area contributed by atoms with E-state index in [2.05, 4.69) is 0 Å². The molecule has 2 amide bonds. The molecule has 1 heterocycles. The van der Waals surface area contributed by atoms with Gasteiger partial charge in [0.05, 0.1) is 16.4 Å². The number of amides is 2. The summed E-state index contributed by atoms with van der Waals surface area (Å²) in [5, 5.41) is 10.8. The van der Waals surface area contributed by atoms with Gasteiger partial charge in [-0.25, -0.2) is 0 Å². The number of hydrogen-bond donors (Lipinski definition) is 0. The molecule has 3 rings (SSSR count). The van der Waals surface area contributed by atoms with E-state index in [9.17, 15) is 19.7 Å². The third kappa shape index (κ3) is 3.63. The standard InChI is InChI=1S/C18H13ClN2O4S/c1-11-4-2-3-5-12(11)10-20-17(22)16(26-18(20)23)9-13-8-14(21(24)25)6-7-15(13)19/h2-9H,10H2,1H3/b16-9-. The van der Waals surface area contributed by atoms with Crippen molar-refractivity contribution < 1.29 is 14.5 Å². The number of non-ortho nitro benzene ring substituents is 1. The van der Waals surface area contributed by atoms with Gasteiger partial charge in [0.25, 0.3) is 16.8 Å². The van der Waals surface area contributed by atoms with E-state index in [0.717, 1.165) is 27.8 Å². The molecule has 1 saturated heterocycles. The largest absolute Gasteiger partial charge is 0.293 e. The molecule has 0 spiro atoms. The molecule has 132 valence electrons. The highest BCUT2D eigenvalue weighted by molar-refractivity contribution is 8.18. The number of carbonyl (C=O) groups excluding carboxylic acids is 2. The lowest BCUT2D eigenvalue weighted by Gasteiger charge is -2.14. The van der Waals surface area contributed by atoms with Crippen LogP contribution in [0.4, 0.5) is 10.5 Å². The normalized spacial score (nSPS) is 15.8. The third-order valence-corrected chi connectivity index (χ3v) is 5.19. The monoisotopic (exact) mass is 388 g/mol. The summed E-state index contributed by atoms with van der Waals surface area (Å²) in [6.45, 7) is 2.09. The Kier molecular flexibility index (Phi) is 5.11. The van der Waals surface area contributed by atoms with E-state index in [-0.39, 0.29) is 27.4 Å². The molecule has 1 aliphatic rings. The van der Waals surface area contributed by atoms with Crippen LogP contribution in [0.15, 0.2) is 47.4 Å². The number of imide groups is 1. The van der Waals surface area contributed by atoms with E-state index in [1.807, 2.05) is 31.2 Å². The summed E-state index contributed by atoms with van der Waals surface area (Å²) in [6, 6.07) is 11.5. The van der Waals surface area contributed by atoms with Gasteiger partial charge in [0.15, 0.2) is 0 Å². The molecule has 0 N–H and O–H groups in total. The summed E-state index contributed by atoms with van der Waals surface area (Å²) in [5.74, 6) is -0.439. The van der Waals surface area contributed by atoms with Crippen LogP contribution in [0.1, 0.15) is 16.7 Å². The van der Waals surface area contributed by atoms with Crippen molar-refractivity contribution in [2.75, 3.05) is 0 Å². The number of benzene rings is 2. The van der Waals surface area contributed by atoms with Gasteiger partial charge in [0.2, 0.25) is 0 Å². The van der Waals surface area contributed by atoms with Crippen LogP contribution in [0, 0.1) is 17.0 Å². The molecule has 0 radical (unpaired) electrons. The van der Waals surface area contributed by atoms with Crippen LogP contribution in [0.25, 0.3) is 6.08 Å². The van der Waals surface area contributed by atoms with Crippen molar-refractivity contribution in [3.8, 4) is 0 Å². The maximum Gasteiger partial charge on any atom is 0.293 e. The number of nitrogens with zero attached hydrogens (tertiary/aromatic N) is 2. The lowest BCUT2D eigenvalue weighted by Crippen LogP contribution is -2.27. The predicted molar refractivity (Wildman–Crippen MR) is 101 cm³/mol. The van der Waals surface area contributed by atoms with Gasteiger partial charge in [-0.05, 0) is 42.0 Å². The Hall–Kier alpha value is -2.64. The summed E-state index contributed by atoms with van der Waals surface area (Å²) in [7, 11) is 0. The summed E-state index contributed by atoms with van der Waals surface area (Å²) in [5.41, 5.74) is 2.05. The maximum atomic E-state index is 12.6. The summed E-state index contributed by atoms with van der Waals surface area (Å²) in [4.78, 5) is 36.6. The highest BCUT2D eigenvalue weighted by Gasteiger charge is 2.35. The first-order valence-electron chi connectivity index (χ1n) is 7.60. The third-order valence-electron chi connectivity index (χ3n) is 3.94. The van der Waals surface area contributed by atoms with E-state index in [1.165, 1.54) is 24.3 Å². The van der Waals surface area contributed by atoms with Crippen LogP contribution < -0.4 is 0 Å². The number of rotatable bonds is 4. The minimum absolute atomic E-state index is 0.139. The van der Waals surface area contributed by atoms with E-state index < -0.39 is 10.8 Å². The van der Waals surface area contributed by atoms with Gasteiger partial charge in [0, 0.05) is 22.7 Å². The van der Waals surface area contributed by atoms with Gasteiger partial charge in [0.1, 0.15) is 0 Å². The zero-order valence-corrected chi connectivity index (χ0v) is 15.2. The Bertz CT molecular complexity index is 958. The van der Waals surface area contributed by atoms with Crippen LogP contribution in [-0.4, -0.2) is 21.0 Å². The van der Waals surface area contributed by atoms with Crippen molar-refractivity contribution in [2.24, 2.45) is 0 Å². The van der Waals surface area contributed by atoms with Crippen molar-refractivity contribution in [1.82, 2.24) is 4.90 Å². The number of nitro groups is 1. The quantitative estimate of drug-likeness (QED) is 0.427. The van der Waals surface area contributed by atoms with Gasteiger partial charge in [-0.3, -0.25) is 24.6 Å². The first kappa shape index (κ1) is 18.2. The van der Waals surface area contributed by atoms with E-state index >= 15 is 0 Å². The highest BCUT2D eigenvalue weighted by Crippen LogP contribution is 2.35. The van der Waals surface area contributed by atoms with Crippen LogP contribution in [0.3, 0.4) is 0 Å². The molecule has 2 aromatic carbocycles. The fourth-order valence-corrected chi connectivity index (χ4v) is 3.49. The first-order valence-corrected chi connectivity index (χ1v) is 8.80. The second-order valence-electron chi connectivity index (χ2n) is 5.66. The molecule has 8 heteroatoms. The molecule has 0 atom stereocenters. The van der Waals surface area contributed by atoms with E-state index in [0.29, 0.717) is 5.56 Å². The van der Waals surface area contributed by atoms with Gasteiger partial charge < -0.3 is 0 Å². The molecular weight excluding hydrogens is 376 g/mol. The van der Waals surface area contributed by atoms with Crippen molar-refractivity contribution in [2.45, 2.75) is 13.5 Å². The Morgan fingerprint density at radius 2 is 1.96 bits per heavy atom. The van der Waals surface area contributed by atoms with Gasteiger partial charge >= 0.3 is 0 Å². The molecule has 1 fully saturated rings. The topological polar surface area (TPSA) is 80.5 Å². The Morgan fingerprint density at radius 3 is 2.65 bits per heavy atom. The maximum absolute atomic E-state index is 12.6. The Morgan fingerprint density at radius 1 is 1.23 bits per heavy atom. The number of halogens is 1. The molecule has 0 saturated carbocycles. The molecule has 26 heavy (non-hydrogen) atoms. The van der Waals surface area contributed by atoms with Crippen molar-refractivity contribution in [1.29, 1.82) is 0 Å². The minimum Gasteiger partial charge on any atom is -0.268 e. The van der Waals surface area contributed by atoms with Crippen LogP contribution >= 0.6 is 23.4 Å². The van der Waals surface area contributed by atoms with E-state index in [1.54, 1.807) is 0 Å². The summed E-state index contributed by atoms with van der Waals surface area (Å²) >= 11 is 6.86. The van der Waals surface area contributed by atoms with E-state index in [4.69, 9.17) is 11.6 Å². The SMILES string of the molecule is Cc1ccccc1CN1C(=O)S/C(=C\c2cc([N+](=O)[O-])ccc2Cl)C1=O. The lowest BCUT2D eigenvalue weighted by molar-refractivity contribution is -0.384. The number of carbonyl (C=O) groups is 2. The number of aryl methyl sites for hydroxylation is 1. The zero-order valence-electron chi connectivity index (χ0n) is 13.6.